The van der Waals surface area contributed by atoms with Gasteiger partial charge < -0.3 is 5.32 Å². The highest BCUT2D eigenvalue weighted by Gasteiger charge is 2.19. The Morgan fingerprint density at radius 2 is 1.85 bits per heavy atom. The van der Waals surface area contributed by atoms with Gasteiger partial charge in [0.15, 0.2) is 7.14 Å². The molecule has 2 aromatic rings. The predicted octanol–water partition coefficient (Wildman–Crippen LogP) is 0.147. The van der Waals surface area contributed by atoms with Crippen LogP contribution in [0.5, 0.6) is 0 Å². The molecular formula is C16H16ClINO+. The first-order valence-electron chi connectivity index (χ1n) is 6.38. The maximum absolute atomic E-state index is 10.9. The highest BCUT2D eigenvalue weighted by molar-refractivity contribution is 6.30. The first-order valence-corrected chi connectivity index (χ1v) is 8.91. The zero-order chi connectivity index (χ0) is 14.4. The molecule has 0 saturated heterocycles. The number of hydrogen-bond donors (Lipinski definition) is 1. The van der Waals surface area contributed by atoms with Gasteiger partial charge in [0.25, 0.3) is 0 Å². The van der Waals surface area contributed by atoms with E-state index in [1.807, 2.05) is 12.1 Å². The quantitative estimate of drug-likeness (QED) is 0.711. The molecular weight excluding hydrogens is 385 g/mol. The Labute approximate surface area is 134 Å². The van der Waals surface area contributed by atoms with E-state index >= 15 is 0 Å². The maximum atomic E-state index is 10.9. The SMILES string of the molecule is CC(=O)NCCc1ccccc1[I+]c1ccc(Cl)cc1. The molecule has 0 aliphatic carbocycles. The molecule has 4 heteroatoms. The Hall–Kier alpha value is -1.07. The van der Waals surface area contributed by atoms with Gasteiger partial charge in [-0.25, -0.2) is 0 Å². The Kier molecular flexibility index (Phi) is 5.86. The van der Waals surface area contributed by atoms with Crippen LogP contribution in [0.1, 0.15) is 12.5 Å². The van der Waals surface area contributed by atoms with Gasteiger partial charge in [-0.3, -0.25) is 4.79 Å². The summed E-state index contributed by atoms with van der Waals surface area (Å²) >= 11 is 5.71. The van der Waals surface area contributed by atoms with Crippen LogP contribution < -0.4 is 26.5 Å². The highest BCUT2D eigenvalue weighted by atomic mass is 127. The Balaban J connectivity index is 2.07. The van der Waals surface area contributed by atoms with Crippen LogP contribution >= 0.6 is 11.6 Å². The lowest BCUT2D eigenvalue weighted by Gasteiger charge is -2.02. The zero-order valence-electron chi connectivity index (χ0n) is 11.2. The third-order valence-corrected chi connectivity index (χ3v) is 5.97. The molecule has 2 rings (SSSR count). The molecule has 0 aliphatic heterocycles. The number of rotatable bonds is 5. The molecule has 0 fully saturated rings. The molecule has 0 aromatic heterocycles. The van der Waals surface area contributed by atoms with Crippen molar-refractivity contribution in [1.82, 2.24) is 5.32 Å². The summed E-state index contributed by atoms with van der Waals surface area (Å²) in [5.74, 6) is 0.0230. The fourth-order valence-corrected chi connectivity index (χ4v) is 4.48. The minimum atomic E-state index is -0.211. The van der Waals surface area contributed by atoms with E-state index in [2.05, 4.69) is 41.7 Å². The van der Waals surface area contributed by atoms with Crippen LogP contribution in [0, 0.1) is 7.14 Å². The lowest BCUT2D eigenvalue weighted by molar-refractivity contribution is -0.598. The van der Waals surface area contributed by atoms with Crippen molar-refractivity contribution >= 4 is 17.5 Å². The zero-order valence-corrected chi connectivity index (χ0v) is 14.1. The van der Waals surface area contributed by atoms with Crippen molar-refractivity contribution in [3.05, 3.63) is 66.3 Å². The molecule has 0 radical (unpaired) electrons. The van der Waals surface area contributed by atoms with Crippen molar-refractivity contribution in [2.75, 3.05) is 6.54 Å². The van der Waals surface area contributed by atoms with Crippen molar-refractivity contribution in [2.24, 2.45) is 0 Å². The highest BCUT2D eigenvalue weighted by Crippen LogP contribution is 2.04. The Bertz CT molecular complexity index is 583. The number of halogens is 2. The summed E-state index contributed by atoms with van der Waals surface area (Å²) in [6, 6.07) is 16.5. The van der Waals surface area contributed by atoms with Gasteiger partial charge in [-0.2, -0.15) is 0 Å². The van der Waals surface area contributed by atoms with Gasteiger partial charge in [-0.1, -0.05) is 29.8 Å². The van der Waals surface area contributed by atoms with Crippen LogP contribution in [0.25, 0.3) is 0 Å². The molecule has 0 heterocycles. The average Bonchev–Trinajstić information content (AvgIpc) is 2.43. The first-order chi connectivity index (χ1) is 9.65. The second-order valence-electron chi connectivity index (χ2n) is 4.36. The Morgan fingerprint density at radius 3 is 2.55 bits per heavy atom. The molecule has 1 amide bonds. The van der Waals surface area contributed by atoms with Gasteiger partial charge in [0.2, 0.25) is 5.91 Å². The number of carbonyl (C=O) groups is 1. The first kappa shape index (κ1) is 15.3. The summed E-state index contributed by atoms with van der Waals surface area (Å²) < 4.78 is 2.75. The van der Waals surface area contributed by atoms with Crippen LogP contribution in [0.4, 0.5) is 0 Å². The van der Waals surface area contributed by atoms with E-state index in [9.17, 15) is 4.79 Å². The van der Waals surface area contributed by atoms with Crippen LogP contribution in [-0.4, -0.2) is 12.5 Å². The van der Waals surface area contributed by atoms with E-state index in [0.717, 1.165) is 11.4 Å². The van der Waals surface area contributed by atoms with Gasteiger partial charge in [0, 0.05) is 24.1 Å². The van der Waals surface area contributed by atoms with Crippen molar-refractivity contribution < 1.29 is 26.0 Å². The lowest BCUT2D eigenvalue weighted by Crippen LogP contribution is -3.61. The van der Waals surface area contributed by atoms with E-state index in [1.54, 1.807) is 6.92 Å². The van der Waals surface area contributed by atoms with Gasteiger partial charge in [-0.05, 0) is 36.8 Å². The molecule has 0 spiro atoms. The molecule has 0 bridgehead atoms. The molecule has 20 heavy (non-hydrogen) atoms. The second-order valence-corrected chi connectivity index (χ2v) is 7.74. The molecule has 2 aromatic carbocycles. The van der Waals surface area contributed by atoms with Crippen LogP contribution in [-0.2, 0) is 11.2 Å². The van der Waals surface area contributed by atoms with Gasteiger partial charge in [0.1, 0.15) is 0 Å². The molecule has 2 nitrogen and oxygen atoms in total. The lowest BCUT2D eigenvalue weighted by atomic mass is 10.1. The summed E-state index contributed by atoms with van der Waals surface area (Å²) in [6.07, 6.45) is 0.878. The van der Waals surface area contributed by atoms with Crippen LogP contribution in [0.2, 0.25) is 5.02 Å². The number of amides is 1. The summed E-state index contributed by atoms with van der Waals surface area (Å²) in [5.41, 5.74) is 1.32. The minimum absolute atomic E-state index is 0.0230. The number of hydrogen-bond acceptors (Lipinski definition) is 1. The van der Waals surface area contributed by atoms with Gasteiger partial charge in [-0.15, -0.1) is 0 Å². The van der Waals surface area contributed by atoms with Crippen LogP contribution in [0.15, 0.2) is 48.5 Å². The van der Waals surface area contributed by atoms with Gasteiger partial charge in [0.05, 0.1) is 0 Å². The number of benzene rings is 2. The molecule has 0 atom stereocenters. The van der Waals surface area contributed by atoms with Crippen molar-refractivity contribution in [1.29, 1.82) is 0 Å². The van der Waals surface area contributed by atoms with Crippen LogP contribution in [0.3, 0.4) is 0 Å². The predicted molar refractivity (Wildman–Crippen MR) is 77.7 cm³/mol. The Morgan fingerprint density at radius 1 is 1.15 bits per heavy atom. The summed E-state index contributed by atoms with van der Waals surface area (Å²) in [6.45, 7) is 2.24. The fourth-order valence-electron chi connectivity index (χ4n) is 1.78. The summed E-state index contributed by atoms with van der Waals surface area (Å²) in [5, 5.41) is 3.62. The topological polar surface area (TPSA) is 29.1 Å². The van der Waals surface area contributed by atoms with Crippen molar-refractivity contribution in [2.45, 2.75) is 13.3 Å². The monoisotopic (exact) mass is 400 g/mol. The smallest absolute Gasteiger partial charge is 0.356 e. The summed E-state index contributed by atoms with van der Waals surface area (Å²) in [4.78, 5) is 10.9. The molecule has 0 aliphatic rings. The maximum Gasteiger partial charge on any atom is 0.358 e. The van der Waals surface area contributed by atoms with E-state index in [4.69, 9.17) is 11.6 Å². The minimum Gasteiger partial charge on any atom is -0.356 e. The second kappa shape index (κ2) is 7.64. The normalized spacial score (nSPS) is 10.3. The van der Waals surface area contributed by atoms with E-state index in [-0.39, 0.29) is 27.1 Å². The molecule has 1 N–H and O–H groups in total. The molecule has 0 saturated carbocycles. The largest absolute Gasteiger partial charge is 0.358 e. The van der Waals surface area contributed by atoms with Crippen molar-refractivity contribution in [3.8, 4) is 0 Å². The van der Waals surface area contributed by atoms with Crippen molar-refractivity contribution in [3.63, 3.8) is 0 Å². The third kappa shape index (κ3) is 4.80. The van der Waals surface area contributed by atoms with E-state index in [0.29, 0.717) is 6.54 Å². The number of nitrogens with one attached hydrogen (secondary N) is 1. The average molecular weight is 401 g/mol. The third-order valence-electron chi connectivity index (χ3n) is 2.74. The van der Waals surface area contributed by atoms with E-state index in [1.165, 1.54) is 12.7 Å². The fraction of sp³-hybridized carbons (Fsp3) is 0.188. The molecule has 104 valence electrons. The summed E-state index contributed by atoms with van der Waals surface area (Å²) in [7, 11) is 0. The molecule has 0 unspecified atom stereocenters. The van der Waals surface area contributed by atoms with E-state index < -0.39 is 0 Å². The van der Waals surface area contributed by atoms with Gasteiger partial charge >= 0.3 is 21.2 Å². The standard InChI is InChI=1S/C16H15ClINO/c1-12(20)19-11-10-13-4-2-3-5-16(13)18-15-8-6-14(17)7-9-15/h2-9H,10-11H2,1H3/p+1. The number of carbonyl (C=O) groups excluding carboxylic acids is 1.